The molecule has 2 N–H and O–H groups in total. The summed E-state index contributed by atoms with van der Waals surface area (Å²) in [5.74, 6) is 0.0214. The predicted octanol–water partition coefficient (Wildman–Crippen LogP) is 8.65. The molecule has 1 aliphatic heterocycles. The standard InChI is InChI=1S/C47H59N3O5S2/c1-35-18-16-17-19-36(35)32-46(27-29-48-30-28-46)34-50(41(26-31-56-6)43(52)54-5)42(51)40(49-44(53)55-45(2,3)4)33-57-47(37-20-10-7-11-21-37,38-22-12-8-13-23-38)39-24-14-9-15-25-39/h7-25,40-41,48H,26-34H2,1-6H3,(H,49,53)/t40-,41-/m0/s1. The summed E-state index contributed by atoms with van der Waals surface area (Å²) in [7, 11) is 1.38. The Morgan fingerprint density at radius 2 is 1.35 bits per heavy atom. The number of esters is 1. The summed E-state index contributed by atoms with van der Waals surface area (Å²) in [5, 5.41) is 6.53. The number of hydrogen-bond donors (Lipinski definition) is 2. The van der Waals surface area contributed by atoms with Gasteiger partial charge in [0, 0.05) is 12.3 Å². The van der Waals surface area contributed by atoms with Crippen molar-refractivity contribution in [3.05, 3.63) is 143 Å². The van der Waals surface area contributed by atoms with Crippen LogP contribution >= 0.6 is 23.5 Å². The Bertz CT molecular complexity index is 1780. The number of methoxy groups -OCH3 is 1. The third-order valence-corrected chi connectivity index (χ3v) is 13.0. The van der Waals surface area contributed by atoms with Gasteiger partial charge in [-0.1, -0.05) is 115 Å². The van der Waals surface area contributed by atoms with Gasteiger partial charge in [0.2, 0.25) is 5.91 Å². The van der Waals surface area contributed by atoms with Crippen LogP contribution in [0.2, 0.25) is 0 Å². The first-order chi connectivity index (χ1) is 27.4. The van der Waals surface area contributed by atoms with Crippen molar-refractivity contribution >= 4 is 41.5 Å². The molecule has 0 aliphatic carbocycles. The van der Waals surface area contributed by atoms with Crippen molar-refractivity contribution in [3.8, 4) is 0 Å². The van der Waals surface area contributed by atoms with Crippen LogP contribution in [0.1, 0.15) is 67.9 Å². The van der Waals surface area contributed by atoms with Crippen molar-refractivity contribution in [2.24, 2.45) is 5.41 Å². The number of hydrogen-bond acceptors (Lipinski definition) is 8. The average molecular weight is 810 g/mol. The van der Waals surface area contributed by atoms with Gasteiger partial charge in [-0.15, -0.1) is 11.8 Å². The first-order valence-electron chi connectivity index (χ1n) is 19.8. The molecule has 0 spiro atoms. The van der Waals surface area contributed by atoms with Gasteiger partial charge in [0.25, 0.3) is 0 Å². The molecule has 304 valence electrons. The maximum Gasteiger partial charge on any atom is 0.408 e. The zero-order valence-electron chi connectivity index (χ0n) is 34.3. The first-order valence-corrected chi connectivity index (χ1v) is 22.2. The molecule has 0 radical (unpaired) electrons. The van der Waals surface area contributed by atoms with Crippen LogP contribution in [0, 0.1) is 12.3 Å². The quantitative estimate of drug-likeness (QED) is 0.0809. The van der Waals surface area contributed by atoms with Crippen molar-refractivity contribution in [1.82, 2.24) is 15.5 Å². The number of amides is 2. The Hall–Kier alpha value is -4.25. The molecular weight excluding hydrogens is 751 g/mol. The van der Waals surface area contributed by atoms with E-state index in [1.807, 2.05) is 66.9 Å². The maximum atomic E-state index is 15.6. The summed E-state index contributed by atoms with van der Waals surface area (Å²) in [6.07, 6.45) is 4.10. The SMILES string of the molecule is COC(=O)[C@H](CCSC)N(CC1(Cc2ccccc2C)CCNCC1)C(=O)[C@H](CSC(c1ccccc1)(c1ccccc1)c1ccccc1)NC(=O)OC(C)(C)C. The van der Waals surface area contributed by atoms with Gasteiger partial charge in [0.05, 0.1) is 11.9 Å². The number of rotatable bonds is 17. The summed E-state index contributed by atoms with van der Waals surface area (Å²) in [6.45, 7) is 9.46. The molecule has 4 aromatic rings. The molecule has 5 rings (SSSR count). The van der Waals surface area contributed by atoms with Crippen LogP contribution in [0.4, 0.5) is 4.79 Å². The van der Waals surface area contributed by atoms with E-state index in [1.165, 1.54) is 18.2 Å². The minimum absolute atomic E-state index is 0.177. The molecular formula is C47H59N3O5S2. The summed E-state index contributed by atoms with van der Waals surface area (Å²) in [5.41, 5.74) is 4.39. The number of aryl methyl sites for hydroxylation is 1. The number of nitrogens with zero attached hydrogens (tertiary/aromatic N) is 1. The van der Waals surface area contributed by atoms with Crippen molar-refractivity contribution in [3.63, 3.8) is 0 Å². The lowest BCUT2D eigenvalue weighted by molar-refractivity contribution is -0.155. The third-order valence-electron chi connectivity index (χ3n) is 10.7. The van der Waals surface area contributed by atoms with Gasteiger partial charge < -0.3 is 25.0 Å². The molecule has 1 fully saturated rings. The smallest absolute Gasteiger partial charge is 0.408 e. The van der Waals surface area contributed by atoms with Crippen LogP contribution in [0.15, 0.2) is 115 Å². The zero-order chi connectivity index (χ0) is 40.9. The molecule has 1 heterocycles. The number of carbonyl (C=O) groups is 3. The van der Waals surface area contributed by atoms with Crippen LogP contribution < -0.4 is 10.6 Å². The highest BCUT2D eigenvalue weighted by Gasteiger charge is 2.44. The molecule has 2 amide bonds. The summed E-state index contributed by atoms with van der Waals surface area (Å²) < 4.78 is 10.5. The number of ether oxygens (including phenoxy) is 2. The van der Waals surface area contributed by atoms with Crippen molar-refractivity contribution in [2.45, 2.75) is 75.8 Å². The van der Waals surface area contributed by atoms with Gasteiger partial charge in [-0.2, -0.15) is 11.8 Å². The summed E-state index contributed by atoms with van der Waals surface area (Å²) >= 11 is 3.21. The van der Waals surface area contributed by atoms with E-state index >= 15 is 4.79 Å². The molecule has 0 saturated carbocycles. The van der Waals surface area contributed by atoms with Crippen LogP contribution in [0.25, 0.3) is 0 Å². The predicted molar refractivity (Wildman–Crippen MR) is 235 cm³/mol. The molecule has 4 aromatic carbocycles. The Morgan fingerprint density at radius 1 is 0.825 bits per heavy atom. The Labute approximate surface area is 348 Å². The molecule has 10 heteroatoms. The third kappa shape index (κ3) is 11.5. The topological polar surface area (TPSA) is 97.0 Å². The summed E-state index contributed by atoms with van der Waals surface area (Å²) in [6, 6.07) is 37.3. The first kappa shape index (κ1) is 43.9. The zero-order valence-corrected chi connectivity index (χ0v) is 35.9. The van der Waals surface area contributed by atoms with Gasteiger partial charge in [0.15, 0.2) is 0 Å². The van der Waals surface area contributed by atoms with Gasteiger partial charge in [-0.25, -0.2) is 9.59 Å². The van der Waals surface area contributed by atoms with Gasteiger partial charge in [-0.3, -0.25) is 4.79 Å². The van der Waals surface area contributed by atoms with E-state index in [2.05, 4.69) is 72.2 Å². The monoisotopic (exact) mass is 809 g/mol. The second-order valence-electron chi connectivity index (χ2n) is 15.9. The fourth-order valence-electron chi connectivity index (χ4n) is 7.83. The van der Waals surface area contributed by atoms with Crippen molar-refractivity contribution in [1.29, 1.82) is 0 Å². The average Bonchev–Trinajstić information content (AvgIpc) is 3.21. The molecule has 2 atom stereocenters. The van der Waals surface area contributed by atoms with E-state index in [9.17, 15) is 9.59 Å². The van der Waals surface area contributed by atoms with Crippen LogP contribution in [-0.4, -0.2) is 85.1 Å². The van der Waals surface area contributed by atoms with Gasteiger partial charge in [-0.05, 0) is 112 Å². The highest BCUT2D eigenvalue weighted by Crippen LogP contribution is 2.49. The number of thioether (sulfide) groups is 2. The number of carbonyl (C=O) groups excluding carboxylic acids is 3. The highest BCUT2D eigenvalue weighted by atomic mass is 32.2. The van der Waals surface area contributed by atoms with Crippen molar-refractivity contribution in [2.75, 3.05) is 44.5 Å². The Kier molecular flexibility index (Phi) is 15.7. The number of piperidine rings is 1. The van der Waals surface area contributed by atoms with Crippen LogP contribution in [0.3, 0.4) is 0 Å². The van der Waals surface area contributed by atoms with E-state index in [-0.39, 0.29) is 17.1 Å². The Morgan fingerprint density at radius 3 is 1.84 bits per heavy atom. The van der Waals surface area contributed by atoms with Crippen LogP contribution in [-0.2, 0) is 30.2 Å². The number of nitrogens with one attached hydrogen (secondary N) is 2. The minimum atomic E-state index is -1.06. The largest absolute Gasteiger partial charge is 0.467 e. The fourth-order valence-corrected chi connectivity index (χ4v) is 9.84. The summed E-state index contributed by atoms with van der Waals surface area (Å²) in [4.78, 5) is 45.0. The molecule has 1 saturated heterocycles. The van der Waals surface area contributed by atoms with Gasteiger partial charge >= 0.3 is 12.1 Å². The van der Waals surface area contributed by atoms with E-state index in [1.54, 1.807) is 49.2 Å². The lowest BCUT2D eigenvalue weighted by Gasteiger charge is -2.45. The highest BCUT2D eigenvalue weighted by molar-refractivity contribution is 8.00. The second-order valence-corrected chi connectivity index (χ2v) is 18.1. The number of benzene rings is 4. The minimum Gasteiger partial charge on any atom is -0.467 e. The van der Waals surface area contributed by atoms with E-state index < -0.39 is 34.5 Å². The lowest BCUT2D eigenvalue weighted by Crippen LogP contribution is -2.59. The van der Waals surface area contributed by atoms with Crippen molar-refractivity contribution < 1.29 is 23.9 Å². The lowest BCUT2D eigenvalue weighted by atomic mass is 9.72. The molecule has 8 nitrogen and oxygen atoms in total. The maximum absolute atomic E-state index is 15.6. The van der Waals surface area contributed by atoms with E-state index in [4.69, 9.17) is 9.47 Å². The van der Waals surface area contributed by atoms with Crippen LogP contribution in [0.5, 0.6) is 0 Å². The Balaban J connectivity index is 1.64. The van der Waals surface area contributed by atoms with E-state index in [0.29, 0.717) is 18.7 Å². The fraction of sp³-hybridized carbons (Fsp3) is 0.426. The number of alkyl carbamates (subject to hydrolysis) is 1. The molecule has 0 unspecified atom stereocenters. The molecule has 57 heavy (non-hydrogen) atoms. The van der Waals surface area contributed by atoms with Gasteiger partial charge in [0.1, 0.15) is 17.7 Å². The molecule has 0 bridgehead atoms. The normalized spacial score (nSPS) is 15.2. The molecule has 1 aliphatic rings. The second kappa shape index (κ2) is 20.4. The van der Waals surface area contributed by atoms with E-state index in [0.717, 1.165) is 49.0 Å². The molecule has 0 aromatic heterocycles.